The molecule has 0 bridgehead atoms. The van der Waals surface area contributed by atoms with Crippen molar-refractivity contribution in [3.63, 3.8) is 0 Å². The van der Waals surface area contributed by atoms with Crippen LogP contribution in [0.2, 0.25) is 0 Å². The molecular weight excluding hydrogens is 244 g/mol. The molecule has 1 saturated heterocycles. The first-order valence-electron chi connectivity index (χ1n) is 7.38. The summed E-state index contributed by atoms with van der Waals surface area (Å²) in [5.41, 5.74) is 0. The molecule has 0 aromatic rings. The summed E-state index contributed by atoms with van der Waals surface area (Å²) >= 11 is 2.04. The Morgan fingerprint density at radius 2 is 2.11 bits per heavy atom. The van der Waals surface area contributed by atoms with Gasteiger partial charge in [0.1, 0.15) is 0 Å². The molecule has 2 atom stereocenters. The van der Waals surface area contributed by atoms with Crippen LogP contribution in [-0.4, -0.2) is 49.4 Å². The van der Waals surface area contributed by atoms with Crippen LogP contribution in [0.4, 0.5) is 0 Å². The van der Waals surface area contributed by atoms with Crippen LogP contribution >= 0.6 is 11.8 Å². The third kappa shape index (κ3) is 4.72. The molecule has 0 aromatic carbocycles. The van der Waals surface area contributed by atoms with Gasteiger partial charge in [0, 0.05) is 29.9 Å². The summed E-state index contributed by atoms with van der Waals surface area (Å²) in [5, 5.41) is 8.25. The highest BCUT2D eigenvalue weighted by Gasteiger charge is 2.23. The standard InChI is InChI=1S/C14H28N2OS/c1-11(9-13-10-17-8-7-15-13)16-12-3-5-14(18-2)6-4-12/h11-16H,3-10H2,1-2H3. The lowest BCUT2D eigenvalue weighted by molar-refractivity contribution is 0.0705. The molecule has 2 aliphatic rings. The van der Waals surface area contributed by atoms with Crippen molar-refractivity contribution in [2.75, 3.05) is 26.0 Å². The van der Waals surface area contributed by atoms with Crippen molar-refractivity contribution in [1.29, 1.82) is 0 Å². The largest absolute Gasteiger partial charge is 0.379 e. The van der Waals surface area contributed by atoms with Gasteiger partial charge in [-0.3, -0.25) is 0 Å². The summed E-state index contributed by atoms with van der Waals surface area (Å²) < 4.78 is 5.51. The Morgan fingerprint density at radius 1 is 1.33 bits per heavy atom. The third-order valence-electron chi connectivity index (χ3n) is 4.16. The van der Waals surface area contributed by atoms with Gasteiger partial charge < -0.3 is 15.4 Å². The molecule has 2 rings (SSSR count). The Labute approximate surface area is 116 Å². The minimum atomic E-state index is 0.545. The predicted molar refractivity (Wildman–Crippen MR) is 79.4 cm³/mol. The van der Waals surface area contributed by atoms with Gasteiger partial charge in [-0.15, -0.1) is 0 Å². The lowest BCUT2D eigenvalue weighted by atomic mass is 9.94. The minimum Gasteiger partial charge on any atom is -0.379 e. The summed E-state index contributed by atoms with van der Waals surface area (Å²) in [6.07, 6.45) is 8.90. The van der Waals surface area contributed by atoms with Gasteiger partial charge in [0.05, 0.1) is 13.2 Å². The smallest absolute Gasteiger partial charge is 0.0620 e. The predicted octanol–water partition coefficient (Wildman–Crippen LogP) is 2.02. The van der Waals surface area contributed by atoms with Crippen molar-refractivity contribution in [3.8, 4) is 0 Å². The minimum absolute atomic E-state index is 0.545. The van der Waals surface area contributed by atoms with Gasteiger partial charge in [-0.1, -0.05) is 0 Å². The molecule has 2 N–H and O–H groups in total. The number of ether oxygens (including phenoxy) is 1. The first kappa shape index (κ1) is 14.6. The normalized spacial score (nSPS) is 35.3. The second-order valence-corrected chi connectivity index (χ2v) is 6.88. The van der Waals surface area contributed by atoms with Crippen molar-refractivity contribution in [1.82, 2.24) is 10.6 Å². The number of thioether (sulfide) groups is 1. The molecular formula is C14H28N2OS. The molecule has 0 spiro atoms. The van der Waals surface area contributed by atoms with E-state index in [0.717, 1.165) is 31.1 Å². The van der Waals surface area contributed by atoms with Crippen LogP contribution in [0.5, 0.6) is 0 Å². The molecule has 1 aliphatic heterocycles. The molecule has 0 amide bonds. The highest BCUT2D eigenvalue weighted by Crippen LogP contribution is 2.27. The summed E-state index contributed by atoms with van der Waals surface area (Å²) in [6.45, 7) is 5.08. The maximum atomic E-state index is 5.51. The highest BCUT2D eigenvalue weighted by molar-refractivity contribution is 7.99. The Kier molecular flexibility index (Phi) is 6.29. The van der Waals surface area contributed by atoms with Crippen molar-refractivity contribution in [3.05, 3.63) is 0 Å². The Morgan fingerprint density at radius 3 is 2.72 bits per heavy atom. The first-order valence-corrected chi connectivity index (χ1v) is 8.66. The van der Waals surface area contributed by atoms with E-state index in [-0.39, 0.29) is 0 Å². The second-order valence-electron chi connectivity index (χ2n) is 5.74. The SMILES string of the molecule is CSC1CCC(NC(C)CC2COCCN2)CC1. The van der Waals surface area contributed by atoms with Gasteiger partial charge in [-0.05, 0) is 45.3 Å². The average Bonchev–Trinajstić information content (AvgIpc) is 2.40. The van der Waals surface area contributed by atoms with Gasteiger partial charge in [-0.2, -0.15) is 11.8 Å². The van der Waals surface area contributed by atoms with Crippen LogP contribution < -0.4 is 10.6 Å². The zero-order valence-electron chi connectivity index (χ0n) is 11.8. The van der Waals surface area contributed by atoms with Crippen molar-refractivity contribution in [2.24, 2.45) is 0 Å². The third-order valence-corrected chi connectivity index (χ3v) is 5.30. The van der Waals surface area contributed by atoms with E-state index in [9.17, 15) is 0 Å². The summed E-state index contributed by atoms with van der Waals surface area (Å²) in [4.78, 5) is 0. The monoisotopic (exact) mass is 272 g/mol. The molecule has 1 aliphatic carbocycles. The molecule has 0 aromatic heterocycles. The zero-order chi connectivity index (χ0) is 12.8. The molecule has 2 unspecified atom stereocenters. The van der Waals surface area contributed by atoms with E-state index in [1.807, 2.05) is 11.8 Å². The van der Waals surface area contributed by atoms with E-state index < -0.39 is 0 Å². The van der Waals surface area contributed by atoms with Gasteiger partial charge in [-0.25, -0.2) is 0 Å². The molecule has 4 heteroatoms. The molecule has 0 radical (unpaired) electrons. The number of morpholine rings is 1. The maximum Gasteiger partial charge on any atom is 0.0620 e. The van der Waals surface area contributed by atoms with E-state index in [0.29, 0.717) is 12.1 Å². The topological polar surface area (TPSA) is 33.3 Å². The Balaban J connectivity index is 1.63. The summed E-state index contributed by atoms with van der Waals surface area (Å²) in [6, 6.07) is 1.89. The number of hydrogen-bond donors (Lipinski definition) is 2. The Bertz CT molecular complexity index is 226. The van der Waals surface area contributed by atoms with E-state index in [2.05, 4.69) is 23.8 Å². The first-order chi connectivity index (χ1) is 8.78. The molecule has 106 valence electrons. The summed E-state index contributed by atoms with van der Waals surface area (Å²) in [7, 11) is 0. The van der Waals surface area contributed by atoms with Crippen molar-refractivity contribution < 1.29 is 4.74 Å². The van der Waals surface area contributed by atoms with Crippen molar-refractivity contribution >= 4 is 11.8 Å². The second kappa shape index (κ2) is 7.73. The lowest BCUT2D eigenvalue weighted by Crippen LogP contribution is -2.47. The zero-order valence-corrected chi connectivity index (χ0v) is 12.6. The van der Waals surface area contributed by atoms with Crippen molar-refractivity contribution in [2.45, 2.75) is 62.4 Å². The summed E-state index contributed by atoms with van der Waals surface area (Å²) in [5.74, 6) is 0. The highest BCUT2D eigenvalue weighted by atomic mass is 32.2. The van der Waals surface area contributed by atoms with Crippen LogP contribution in [0.15, 0.2) is 0 Å². The fourth-order valence-electron chi connectivity index (χ4n) is 3.13. The van der Waals surface area contributed by atoms with E-state index in [1.165, 1.54) is 32.1 Å². The maximum absolute atomic E-state index is 5.51. The van der Waals surface area contributed by atoms with Crippen LogP contribution in [0.25, 0.3) is 0 Å². The molecule has 2 fully saturated rings. The van der Waals surface area contributed by atoms with Crippen LogP contribution in [0, 0.1) is 0 Å². The lowest BCUT2D eigenvalue weighted by Gasteiger charge is -2.32. The van der Waals surface area contributed by atoms with E-state index >= 15 is 0 Å². The number of nitrogens with one attached hydrogen (secondary N) is 2. The number of hydrogen-bond acceptors (Lipinski definition) is 4. The van der Waals surface area contributed by atoms with E-state index in [1.54, 1.807) is 0 Å². The quantitative estimate of drug-likeness (QED) is 0.802. The molecule has 18 heavy (non-hydrogen) atoms. The van der Waals surface area contributed by atoms with Gasteiger partial charge in [0.15, 0.2) is 0 Å². The fraction of sp³-hybridized carbons (Fsp3) is 1.00. The van der Waals surface area contributed by atoms with Gasteiger partial charge in [0.2, 0.25) is 0 Å². The average molecular weight is 272 g/mol. The molecule has 1 heterocycles. The Hall–Kier alpha value is 0.230. The van der Waals surface area contributed by atoms with Crippen LogP contribution in [-0.2, 0) is 4.74 Å². The van der Waals surface area contributed by atoms with Gasteiger partial charge in [0.25, 0.3) is 0 Å². The van der Waals surface area contributed by atoms with Crippen LogP contribution in [0.1, 0.15) is 39.0 Å². The fourth-order valence-corrected chi connectivity index (χ4v) is 3.88. The van der Waals surface area contributed by atoms with E-state index in [4.69, 9.17) is 4.74 Å². The molecule has 1 saturated carbocycles. The number of rotatable bonds is 5. The van der Waals surface area contributed by atoms with Gasteiger partial charge >= 0.3 is 0 Å². The van der Waals surface area contributed by atoms with Crippen LogP contribution in [0.3, 0.4) is 0 Å². The molecule has 3 nitrogen and oxygen atoms in total.